The second-order valence-corrected chi connectivity index (χ2v) is 5.41. The van der Waals surface area contributed by atoms with Crippen molar-refractivity contribution in [2.24, 2.45) is 0 Å². The summed E-state index contributed by atoms with van der Waals surface area (Å²) in [4.78, 5) is 11.7. The monoisotopic (exact) mass is 254 g/mol. The Hall–Kier alpha value is -0.570. The second kappa shape index (κ2) is 10.4. The van der Waals surface area contributed by atoms with Gasteiger partial charge in [-0.15, -0.1) is 0 Å². The molecule has 0 bridgehead atoms. The smallest absolute Gasteiger partial charge is 0.237 e. The van der Waals surface area contributed by atoms with Crippen LogP contribution in [0.4, 0.5) is 0 Å². The van der Waals surface area contributed by atoms with Crippen LogP contribution in [0.5, 0.6) is 0 Å². The maximum atomic E-state index is 11.7. The van der Waals surface area contributed by atoms with Crippen molar-refractivity contribution in [2.45, 2.75) is 77.2 Å². The minimum Gasteiger partial charge on any atom is -0.355 e. The van der Waals surface area contributed by atoms with Gasteiger partial charge in [-0.1, -0.05) is 51.9 Å². The zero-order chi connectivity index (χ0) is 13.1. The highest BCUT2D eigenvalue weighted by Gasteiger charge is 2.20. The maximum Gasteiger partial charge on any atom is 0.237 e. The van der Waals surface area contributed by atoms with E-state index in [2.05, 4.69) is 17.6 Å². The topological polar surface area (TPSA) is 41.1 Å². The van der Waals surface area contributed by atoms with Crippen LogP contribution in [-0.4, -0.2) is 25.0 Å². The lowest BCUT2D eigenvalue weighted by atomic mass is 10.1. The molecular formula is C15H30N2O. The Morgan fingerprint density at radius 3 is 2.39 bits per heavy atom. The van der Waals surface area contributed by atoms with Crippen LogP contribution in [0, 0.1) is 0 Å². The van der Waals surface area contributed by atoms with Gasteiger partial charge in [0.15, 0.2) is 0 Å². The van der Waals surface area contributed by atoms with Crippen LogP contribution in [-0.2, 0) is 4.79 Å². The van der Waals surface area contributed by atoms with E-state index in [1.165, 1.54) is 44.9 Å². The van der Waals surface area contributed by atoms with Crippen molar-refractivity contribution >= 4 is 5.91 Å². The molecule has 1 aliphatic rings. The molecule has 18 heavy (non-hydrogen) atoms. The zero-order valence-electron chi connectivity index (χ0n) is 12.0. The molecule has 1 rings (SSSR count). The van der Waals surface area contributed by atoms with E-state index in [0.717, 1.165) is 32.4 Å². The molecule has 0 unspecified atom stereocenters. The van der Waals surface area contributed by atoms with Gasteiger partial charge in [-0.25, -0.2) is 0 Å². The molecule has 1 heterocycles. The van der Waals surface area contributed by atoms with Gasteiger partial charge in [-0.05, 0) is 25.8 Å². The van der Waals surface area contributed by atoms with Gasteiger partial charge in [0.25, 0.3) is 0 Å². The number of carbonyl (C=O) groups excluding carboxylic acids is 1. The lowest BCUT2D eigenvalue weighted by molar-refractivity contribution is -0.122. The molecule has 2 N–H and O–H groups in total. The molecule has 0 aromatic rings. The lowest BCUT2D eigenvalue weighted by Gasteiger charge is -2.10. The van der Waals surface area contributed by atoms with Crippen LogP contribution < -0.4 is 10.6 Å². The number of nitrogens with one attached hydrogen (secondary N) is 2. The van der Waals surface area contributed by atoms with E-state index in [4.69, 9.17) is 0 Å². The predicted octanol–water partition coefficient (Wildman–Crippen LogP) is 3.00. The van der Waals surface area contributed by atoms with E-state index in [-0.39, 0.29) is 11.9 Å². The third-order valence-electron chi connectivity index (χ3n) is 3.71. The summed E-state index contributed by atoms with van der Waals surface area (Å²) >= 11 is 0. The summed E-state index contributed by atoms with van der Waals surface area (Å²) in [6.45, 7) is 4.10. The summed E-state index contributed by atoms with van der Waals surface area (Å²) < 4.78 is 0. The number of amides is 1. The van der Waals surface area contributed by atoms with Crippen LogP contribution in [0.15, 0.2) is 0 Å². The number of hydrogen-bond donors (Lipinski definition) is 2. The van der Waals surface area contributed by atoms with Crippen LogP contribution in [0.1, 0.15) is 71.1 Å². The van der Waals surface area contributed by atoms with Crippen molar-refractivity contribution in [2.75, 3.05) is 13.1 Å². The van der Waals surface area contributed by atoms with Crippen LogP contribution in [0.2, 0.25) is 0 Å². The quantitative estimate of drug-likeness (QED) is 0.588. The number of unbranched alkanes of at least 4 members (excludes halogenated alkanes) is 7. The summed E-state index contributed by atoms with van der Waals surface area (Å²) in [5.74, 6) is 0.204. The molecule has 1 fully saturated rings. The van der Waals surface area contributed by atoms with Crippen LogP contribution >= 0.6 is 0 Å². The first kappa shape index (κ1) is 15.5. The Morgan fingerprint density at radius 2 is 1.78 bits per heavy atom. The van der Waals surface area contributed by atoms with Gasteiger partial charge >= 0.3 is 0 Å². The molecule has 1 aliphatic heterocycles. The van der Waals surface area contributed by atoms with Crippen molar-refractivity contribution in [1.29, 1.82) is 0 Å². The highest BCUT2D eigenvalue weighted by atomic mass is 16.2. The minimum atomic E-state index is 0.0824. The molecule has 0 radical (unpaired) electrons. The fraction of sp³-hybridized carbons (Fsp3) is 0.933. The normalized spacial score (nSPS) is 19.1. The first-order valence-corrected chi connectivity index (χ1v) is 7.85. The molecule has 1 atom stereocenters. The Kier molecular flexibility index (Phi) is 8.92. The second-order valence-electron chi connectivity index (χ2n) is 5.41. The van der Waals surface area contributed by atoms with Gasteiger partial charge in [0.1, 0.15) is 0 Å². The third kappa shape index (κ3) is 7.00. The van der Waals surface area contributed by atoms with E-state index in [0.29, 0.717) is 0 Å². The average molecular weight is 254 g/mol. The molecule has 1 saturated heterocycles. The third-order valence-corrected chi connectivity index (χ3v) is 3.71. The van der Waals surface area contributed by atoms with Crippen molar-refractivity contribution in [3.8, 4) is 0 Å². The van der Waals surface area contributed by atoms with E-state index < -0.39 is 0 Å². The first-order valence-electron chi connectivity index (χ1n) is 7.85. The highest BCUT2D eigenvalue weighted by Crippen LogP contribution is 2.08. The van der Waals surface area contributed by atoms with E-state index in [9.17, 15) is 4.79 Å². The number of carbonyl (C=O) groups is 1. The van der Waals surface area contributed by atoms with Gasteiger partial charge in [0.05, 0.1) is 6.04 Å². The molecule has 106 valence electrons. The fourth-order valence-corrected chi connectivity index (χ4v) is 2.50. The molecule has 3 nitrogen and oxygen atoms in total. The standard InChI is InChI=1S/C15H30N2O/c1-2-3-4-5-6-7-8-9-12-17-15(18)14-11-10-13-16-14/h14,16H,2-13H2,1H3,(H,17,18)/t14-/m0/s1. The van der Waals surface area contributed by atoms with Gasteiger partial charge in [-0.3, -0.25) is 4.79 Å². The fourth-order valence-electron chi connectivity index (χ4n) is 2.50. The van der Waals surface area contributed by atoms with Gasteiger partial charge < -0.3 is 10.6 Å². The molecule has 0 aliphatic carbocycles. The number of hydrogen-bond acceptors (Lipinski definition) is 2. The molecule has 0 saturated carbocycles. The molecular weight excluding hydrogens is 224 g/mol. The van der Waals surface area contributed by atoms with Gasteiger partial charge in [0.2, 0.25) is 5.91 Å². The highest BCUT2D eigenvalue weighted by molar-refractivity contribution is 5.81. The molecule has 0 spiro atoms. The largest absolute Gasteiger partial charge is 0.355 e. The predicted molar refractivity (Wildman–Crippen MR) is 76.6 cm³/mol. The summed E-state index contributed by atoms with van der Waals surface area (Å²) in [7, 11) is 0. The van der Waals surface area contributed by atoms with Crippen molar-refractivity contribution < 1.29 is 4.79 Å². The van der Waals surface area contributed by atoms with Crippen molar-refractivity contribution in [3.63, 3.8) is 0 Å². The summed E-state index contributed by atoms with van der Waals surface area (Å²) in [5, 5.41) is 6.26. The average Bonchev–Trinajstić information content (AvgIpc) is 2.90. The lowest BCUT2D eigenvalue weighted by Crippen LogP contribution is -2.40. The Bertz CT molecular complexity index is 213. The molecule has 0 aromatic heterocycles. The van der Waals surface area contributed by atoms with E-state index in [1.54, 1.807) is 0 Å². The maximum absolute atomic E-state index is 11.7. The van der Waals surface area contributed by atoms with Crippen LogP contribution in [0.25, 0.3) is 0 Å². The first-order chi connectivity index (χ1) is 8.84. The molecule has 3 heteroatoms. The van der Waals surface area contributed by atoms with E-state index in [1.807, 2.05) is 0 Å². The summed E-state index contributed by atoms with van der Waals surface area (Å²) in [6, 6.07) is 0.0824. The SMILES string of the molecule is CCCCCCCCCCNC(=O)[C@@H]1CCCN1. The number of rotatable bonds is 10. The Labute approximate surface area is 112 Å². The van der Waals surface area contributed by atoms with Crippen molar-refractivity contribution in [1.82, 2.24) is 10.6 Å². The Balaban J connectivity index is 1.82. The van der Waals surface area contributed by atoms with Gasteiger partial charge in [0, 0.05) is 6.54 Å². The Morgan fingerprint density at radius 1 is 1.11 bits per heavy atom. The van der Waals surface area contributed by atoms with Crippen molar-refractivity contribution in [3.05, 3.63) is 0 Å². The molecule has 0 aromatic carbocycles. The van der Waals surface area contributed by atoms with E-state index >= 15 is 0 Å². The summed E-state index contributed by atoms with van der Waals surface area (Å²) in [5.41, 5.74) is 0. The molecule has 1 amide bonds. The summed E-state index contributed by atoms with van der Waals surface area (Å²) in [6.07, 6.45) is 12.7. The van der Waals surface area contributed by atoms with Gasteiger partial charge in [-0.2, -0.15) is 0 Å². The van der Waals surface area contributed by atoms with Crippen LogP contribution in [0.3, 0.4) is 0 Å². The zero-order valence-corrected chi connectivity index (χ0v) is 12.0. The minimum absolute atomic E-state index is 0.0824.